The zero-order valence-electron chi connectivity index (χ0n) is 15.2. The van der Waals surface area contributed by atoms with Gasteiger partial charge in [0.15, 0.2) is 0 Å². The summed E-state index contributed by atoms with van der Waals surface area (Å²) in [4.78, 5) is 29.1. The Hall–Kier alpha value is -2.84. The molecule has 2 amide bonds. The van der Waals surface area contributed by atoms with E-state index in [1.54, 1.807) is 0 Å². The molecule has 0 spiro atoms. The minimum Gasteiger partial charge on any atom is -0.337 e. The molecule has 1 aliphatic heterocycles. The van der Waals surface area contributed by atoms with Crippen molar-refractivity contribution in [2.45, 2.75) is 51.0 Å². The Morgan fingerprint density at radius 3 is 2.79 bits per heavy atom. The molecule has 1 aromatic heterocycles. The van der Waals surface area contributed by atoms with E-state index in [2.05, 4.69) is 25.8 Å². The van der Waals surface area contributed by atoms with Crippen molar-refractivity contribution in [1.82, 2.24) is 20.5 Å². The fraction of sp³-hybridized carbons (Fsp3) is 0.474. The second kappa shape index (κ2) is 7.65. The molecule has 2 aliphatic rings. The highest BCUT2D eigenvalue weighted by Gasteiger charge is 2.28. The molecule has 1 unspecified atom stereocenters. The van der Waals surface area contributed by atoms with Gasteiger partial charge in [-0.3, -0.25) is 14.7 Å². The predicted octanol–water partition coefficient (Wildman–Crippen LogP) is 2.50. The van der Waals surface area contributed by atoms with Gasteiger partial charge in [0.2, 0.25) is 11.7 Å². The van der Waals surface area contributed by atoms with E-state index in [9.17, 15) is 18.4 Å². The summed E-state index contributed by atoms with van der Waals surface area (Å²) in [5.74, 6) is -1.48. The third-order valence-corrected chi connectivity index (χ3v) is 5.40. The number of anilines is 1. The van der Waals surface area contributed by atoms with Crippen molar-refractivity contribution in [2.24, 2.45) is 5.92 Å². The lowest BCUT2D eigenvalue weighted by Gasteiger charge is -2.14. The van der Waals surface area contributed by atoms with Crippen LogP contribution in [0, 0.1) is 17.6 Å². The van der Waals surface area contributed by atoms with Crippen molar-refractivity contribution < 1.29 is 18.4 Å². The molecular formula is C19H21F2N5O2. The number of amides is 2. The Balaban J connectivity index is 1.41. The lowest BCUT2D eigenvalue weighted by molar-refractivity contribution is -0.118. The summed E-state index contributed by atoms with van der Waals surface area (Å²) in [6.45, 7) is 0. The van der Waals surface area contributed by atoms with Gasteiger partial charge in [-0.25, -0.2) is 13.8 Å². The number of halogens is 2. The fourth-order valence-electron chi connectivity index (χ4n) is 3.94. The summed E-state index contributed by atoms with van der Waals surface area (Å²) in [6.07, 6.45) is 5.96. The van der Waals surface area contributed by atoms with E-state index in [-0.39, 0.29) is 24.4 Å². The van der Waals surface area contributed by atoms with Gasteiger partial charge in [-0.1, -0.05) is 25.7 Å². The minimum absolute atomic E-state index is 0.0280. The van der Waals surface area contributed by atoms with E-state index in [1.165, 1.54) is 18.9 Å². The van der Waals surface area contributed by atoms with Gasteiger partial charge in [-0.05, 0) is 30.4 Å². The first-order valence-corrected chi connectivity index (χ1v) is 9.50. The second-order valence-corrected chi connectivity index (χ2v) is 7.44. The molecule has 1 aromatic carbocycles. The number of aryl methyl sites for hydroxylation is 1. The number of aromatic amines is 1. The summed E-state index contributed by atoms with van der Waals surface area (Å²) in [5, 5.41) is 11.8. The molecule has 0 bridgehead atoms. The van der Waals surface area contributed by atoms with Gasteiger partial charge in [-0.15, -0.1) is 5.10 Å². The zero-order valence-corrected chi connectivity index (χ0v) is 15.2. The van der Waals surface area contributed by atoms with Crippen LogP contribution >= 0.6 is 0 Å². The van der Waals surface area contributed by atoms with Crippen molar-refractivity contribution in [3.8, 4) is 0 Å². The number of rotatable bonds is 4. The molecule has 2 aromatic rings. The average molecular weight is 389 g/mol. The molecule has 28 heavy (non-hydrogen) atoms. The Labute approximate surface area is 160 Å². The van der Waals surface area contributed by atoms with Gasteiger partial charge in [0.1, 0.15) is 23.5 Å². The van der Waals surface area contributed by atoms with Crippen LogP contribution in [0.25, 0.3) is 0 Å². The van der Waals surface area contributed by atoms with Gasteiger partial charge in [0, 0.05) is 12.5 Å². The standard InChI is InChI=1S/C19H21F2N5O2/c20-12-8-11-5-6-14(18(27)24-16(11)13(21)9-12)22-19(28)17-23-15(25-26-17)7-10-3-1-2-4-10/h8-10,14H,1-7H2,(H,22,28)(H,24,27)(H,23,25,26). The summed E-state index contributed by atoms with van der Waals surface area (Å²) < 4.78 is 27.4. The van der Waals surface area contributed by atoms with Crippen LogP contribution in [0.5, 0.6) is 0 Å². The normalized spacial score (nSPS) is 19.8. The van der Waals surface area contributed by atoms with Gasteiger partial charge in [0.25, 0.3) is 5.91 Å². The Kier molecular flexibility index (Phi) is 5.06. The topological polar surface area (TPSA) is 99.8 Å². The smallest absolute Gasteiger partial charge is 0.291 e. The SMILES string of the molecule is O=C(NC1CCc2cc(F)cc(F)c2NC1=O)c1n[nH]c(CC2CCCC2)n1. The van der Waals surface area contributed by atoms with Gasteiger partial charge in [-0.2, -0.15) is 0 Å². The molecule has 1 aliphatic carbocycles. The summed E-state index contributed by atoms with van der Waals surface area (Å²) in [5.41, 5.74) is 0.319. The molecule has 1 atom stereocenters. The first-order valence-electron chi connectivity index (χ1n) is 9.50. The minimum atomic E-state index is -0.890. The van der Waals surface area contributed by atoms with E-state index in [0.29, 0.717) is 17.3 Å². The zero-order chi connectivity index (χ0) is 19.7. The number of hydrogen-bond donors (Lipinski definition) is 3. The average Bonchev–Trinajstić information content (AvgIpc) is 3.30. The number of carbonyl (C=O) groups excluding carboxylic acids is 2. The van der Waals surface area contributed by atoms with Crippen LogP contribution < -0.4 is 10.6 Å². The third kappa shape index (κ3) is 3.88. The lowest BCUT2D eigenvalue weighted by Crippen LogP contribution is -2.43. The number of fused-ring (bicyclic) bond motifs is 1. The van der Waals surface area contributed by atoms with Crippen molar-refractivity contribution in [1.29, 1.82) is 0 Å². The van der Waals surface area contributed by atoms with Gasteiger partial charge >= 0.3 is 0 Å². The Morgan fingerprint density at radius 1 is 1.21 bits per heavy atom. The van der Waals surface area contributed by atoms with Gasteiger partial charge in [0.05, 0.1) is 5.69 Å². The number of benzene rings is 1. The monoisotopic (exact) mass is 389 g/mol. The molecule has 1 saturated carbocycles. The van der Waals surface area contributed by atoms with E-state index < -0.39 is 29.5 Å². The van der Waals surface area contributed by atoms with Gasteiger partial charge < -0.3 is 10.6 Å². The molecule has 3 N–H and O–H groups in total. The van der Waals surface area contributed by atoms with Crippen LogP contribution in [0.15, 0.2) is 12.1 Å². The highest BCUT2D eigenvalue weighted by molar-refractivity contribution is 6.00. The number of hydrogen-bond acceptors (Lipinski definition) is 4. The Bertz CT molecular complexity index is 908. The molecule has 148 valence electrons. The van der Waals surface area contributed by atoms with Crippen LogP contribution in [0.4, 0.5) is 14.5 Å². The first-order chi connectivity index (χ1) is 13.5. The number of H-pyrrole nitrogens is 1. The maximum Gasteiger partial charge on any atom is 0.291 e. The number of nitrogens with zero attached hydrogens (tertiary/aromatic N) is 2. The highest BCUT2D eigenvalue weighted by Crippen LogP contribution is 2.28. The first kappa shape index (κ1) is 18.5. The molecule has 0 radical (unpaired) electrons. The number of nitrogens with one attached hydrogen (secondary N) is 3. The molecule has 9 heteroatoms. The van der Waals surface area contributed by atoms with Crippen LogP contribution in [-0.4, -0.2) is 33.0 Å². The quantitative estimate of drug-likeness (QED) is 0.748. The summed E-state index contributed by atoms with van der Waals surface area (Å²) in [7, 11) is 0. The molecule has 1 fully saturated rings. The highest BCUT2D eigenvalue weighted by atomic mass is 19.1. The molecule has 0 saturated heterocycles. The molecule has 4 rings (SSSR count). The van der Waals surface area contributed by atoms with E-state index in [4.69, 9.17) is 0 Å². The lowest BCUT2D eigenvalue weighted by atomic mass is 10.0. The maximum absolute atomic E-state index is 13.9. The van der Waals surface area contributed by atoms with Crippen molar-refractivity contribution in [2.75, 3.05) is 5.32 Å². The van der Waals surface area contributed by atoms with E-state index in [1.807, 2.05) is 0 Å². The van der Waals surface area contributed by atoms with Crippen molar-refractivity contribution in [3.63, 3.8) is 0 Å². The summed E-state index contributed by atoms with van der Waals surface area (Å²) >= 11 is 0. The van der Waals surface area contributed by atoms with Crippen molar-refractivity contribution >= 4 is 17.5 Å². The van der Waals surface area contributed by atoms with Crippen LogP contribution in [0.1, 0.15) is 54.1 Å². The third-order valence-electron chi connectivity index (χ3n) is 5.40. The van der Waals surface area contributed by atoms with Crippen LogP contribution in [0.2, 0.25) is 0 Å². The van der Waals surface area contributed by atoms with E-state index in [0.717, 1.165) is 25.3 Å². The molecule has 2 heterocycles. The number of carbonyl (C=O) groups is 2. The largest absolute Gasteiger partial charge is 0.337 e. The second-order valence-electron chi connectivity index (χ2n) is 7.44. The number of aromatic nitrogens is 3. The summed E-state index contributed by atoms with van der Waals surface area (Å²) in [6, 6.07) is 1.02. The van der Waals surface area contributed by atoms with Crippen LogP contribution in [-0.2, 0) is 17.6 Å². The van der Waals surface area contributed by atoms with Crippen LogP contribution in [0.3, 0.4) is 0 Å². The van der Waals surface area contributed by atoms with Crippen molar-refractivity contribution in [3.05, 3.63) is 41.0 Å². The maximum atomic E-state index is 13.9. The Morgan fingerprint density at radius 2 is 2.00 bits per heavy atom. The van der Waals surface area contributed by atoms with E-state index >= 15 is 0 Å². The molecule has 7 nitrogen and oxygen atoms in total. The predicted molar refractivity (Wildman–Crippen MR) is 96.6 cm³/mol. The molecular weight excluding hydrogens is 368 g/mol. The fourth-order valence-corrected chi connectivity index (χ4v) is 3.94.